The number of carbonyl (C=O) groups is 2. The molecule has 9 heteroatoms. The fourth-order valence-corrected chi connectivity index (χ4v) is 5.16. The molecule has 4 aromatic carbocycles. The van der Waals surface area contributed by atoms with E-state index in [4.69, 9.17) is 28.4 Å². The van der Waals surface area contributed by atoms with E-state index in [1.165, 1.54) is 0 Å². The molecule has 1 N–H and O–H groups in total. The van der Waals surface area contributed by atoms with Gasteiger partial charge in [-0.2, -0.15) is 0 Å². The first-order chi connectivity index (χ1) is 23.0. The van der Waals surface area contributed by atoms with Crippen LogP contribution < -0.4 is 0 Å². The van der Waals surface area contributed by atoms with E-state index in [0.29, 0.717) is 0 Å². The Morgan fingerprint density at radius 3 is 1.36 bits per heavy atom. The van der Waals surface area contributed by atoms with Crippen molar-refractivity contribution in [2.45, 2.75) is 70.0 Å². The molecule has 1 heterocycles. The van der Waals surface area contributed by atoms with E-state index in [1.807, 2.05) is 121 Å². The van der Waals surface area contributed by atoms with Crippen LogP contribution in [0.3, 0.4) is 0 Å². The van der Waals surface area contributed by atoms with Crippen molar-refractivity contribution in [3.05, 3.63) is 144 Å². The van der Waals surface area contributed by atoms with Crippen molar-refractivity contribution in [3.8, 4) is 0 Å². The Balaban J connectivity index is 1.26. The Morgan fingerprint density at radius 2 is 0.894 bits per heavy atom. The first-order valence-electron chi connectivity index (χ1n) is 15.7. The van der Waals surface area contributed by atoms with Crippen molar-refractivity contribution in [2.75, 3.05) is 6.61 Å². The summed E-state index contributed by atoms with van der Waals surface area (Å²) in [7, 11) is 0. The highest BCUT2D eigenvalue weighted by Crippen LogP contribution is 2.30. The lowest BCUT2D eigenvalue weighted by atomic mass is 9.98. The maximum absolute atomic E-state index is 12.7. The number of ether oxygens (including phenoxy) is 6. The van der Waals surface area contributed by atoms with Crippen LogP contribution >= 0.6 is 0 Å². The predicted octanol–water partition coefficient (Wildman–Crippen LogP) is 5.53. The summed E-state index contributed by atoms with van der Waals surface area (Å²) in [6.45, 7) is 0.555. The normalized spacial score (nSPS) is 20.7. The van der Waals surface area contributed by atoms with Crippen LogP contribution in [0.4, 0.5) is 0 Å². The molecule has 47 heavy (non-hydrogen) atoms. The van der Waals surface area contributed by atoms with Crippen LogP contribution in [0.5, 0.6) is 0 Å². The highest BCUT2D eigenvalue weighted by atomic mass is 16.7. The van der Waals surface area contributed by atoms with Crippen LogP contribution in [0.25, 0.3) is 0 Å². The van der Waals surface area contributed by atoms with E-state index in [1.54, 1.807) is 0 Å². The third-order valence-corrected chi connectivity index (χ3v) is 7.65. The van der Waals surface area contributed by atoms with Crippen molar-refractivity contribution in [1.29, 1.82) is 0 Å². The zero-order valence-electron chi connectivity index (χ0n) is 26.1. The van der Waals surface area contributed by atoms with Crippen LogP contribution in [0, 0.1) is 0 Å². The summed E-state index contributed by atoms with van der Waals surface area (Å²) in [5, 5.41) is 11.2. The van der Waals surface area contributed by atoms with Gasteiger partial charge in [0.25, 0.3) is 0 Å². The second-order valence-corrected chi connectivity index (χ2v) is 11.2. The van der Waals surface area contributed by atoms with Crippen LogP contribution in [0.15, 0.2) is 121 Å². The van der Waals surface area contributed by atoms with Gasteiger partial charge in [0, 0.05) is 0 Å². The van der Waals surface area contributed by atoms with Gasteiger partial charge in [0.05, 0.1) is 32.7 Å². The van der Waals surface area contributed by atoms with Gasteiger partial charge in [0.1, 0.15) is 37.6 Å². The van der Waals surface area contributed by atoms with Gasteiger partial charge in [0.15, 0.2) is 6.29 Å². The minimum atomic E-state index is -1.40. The zero-order valence-corrected chi connectivity index (χ0v) is 26.1. The standard InChI is InChI=1S/C38H40O9/c39-33(42-23-28-13-5-1-6-14-28)21-22-34(40)43-27-32-35(44-24-29-15-7-2-8-16-29)36(45-25-30-17-9-3-10-18-30)37(38(41)47-32)46-26-31-19-11-4-12-20-31/h1-20,32,35-38,41H,21-27H2/t32?,35-,36?,37?,38-/m1/s1. The summed E-state index contributed by atoms with van der Waals surface area (Å²) in [4.78, 5) is 24.9. The van der Waals surface area contributed by atoms with Gasteiger partial charge in [-0.3, -0.25) is 9.59 Å². The quantitative estimate of drug-likeness (QED) is 0.158. The van der Waals surface area contributed by atoms with Crippen LogP contribution in [0.1, 0.15) is 35.1 Å². The summed E-state index contributed by atoms with van der Waals surface area (Å²) < 4.78 is 35.9. The number of aliphatic hydroxyl groups excluding tert-OH is 1. The highest BCUT2D eigenvalue weighted by Gasteiger charge is 2.48. The molecule has 4 aromatic rings. The number of benzene rings is 4. The molecule has 0 aliphatic carbocycles. The molecule has 3 unspecified atom stereocenters. The lowest BCUT2D eigenvalue weighted by Gasteiger charge is -2.44. The number of esters is 2. The fraction of sp³-hybridized carbons (Fsp3) is 0.316. The number of rotatable bonds is 16. The average molecular weight is 641 g/mol. The predicted molar refractivity (Wildman–Crippen MR) is 172 cm³/mol. The minimum Gasteiger partial charge on any atom is -0.463 e. The number of carbonyl (C=O) groups excluding carboxylic acids is 2. The summed E-state index contributed by atoms with van der Waals surface area (Å²) in [6.07, 6.45) is -5.07. The molecule has 1 aliphatic rings. The second-order valence-electron chi connectivity index (χ2n) is 11.2. The fourth-order valence-electron chi connectivity index (χ4n) is 5.16. The van der Waals surface area contributed by atoms with Crippen molar-refractivity contribution >= 4 is 11.9 Å². The van der Waals surface area contributed by atoms with E-state index in [2.05, 4.69) is 0 Å². The zero-order chi connectivity index (χ0) is 32.7. The minimum absolute atomic E-state index is 0.126. The van der Waals surface area contributed by atoms with E-state index < -0.39 is 42.6 Å². The molecule has 0 saturated carbocycles. The first-order valence-corrected chi connectivity index (χ1v) is 15.7. The lowest BCUT2D eigenvalue weighted by molar-refractivity contribution is -0.316. The molecule has 0 amide bonds. The number of aliphatic hydroxyl groups is 1. The number of hydrogen-bond donors (Lipinski definition) is 1. The van der Waals surface area contributed by atoms with Crippen molar-refractivity contribution in [1.82, 2.24) is 0 Å². The van der Waals surface area contributed by atoms with Gasteiger partial charge < -0.3 is 33.5 Å². The van der Waals surface area contributed by atoms with Crippen LogP contribution in [-0.4, -0.2) is 54.4 Å². The molecule has 0 bridgehead atoms. The Labute approximate surface area is 275 Å². The summed E-state index contributed by atoms with van der Waals surface area (Å²) >= 11 is 0. The third-order valence-electron chi connectivity index (χ3n) is 7.65. The smallest absolute Gasteiger partial charge is 0.306 e. The van der Waals surface area contributed by atoms with Gasteiger partial charge >= 0.3 is 11.9 Å². The van der Waals surface area contributed by atoms with Crippen molar-refractivity contribution in [3.63, 3.8) is 0 Å². The Hall–Kier alpha value is -4.38. The van der Waals surface area contributed by atoms with E-state index in [-0.39, 0.29) is 45.9 Å². The largest absolute Gasteiger partial charge is 0.463 e. The molecule has 0 aromatic heterocycles. The molecular formula is C38H40O9. The van der Waals surface area contributed by atoms with E-state index >= 15 is 0 Å². The molecule has 246 valence electrons. The number of hydrogen-bond acceptors (Lipinski definition) is 9. The molecule has 0 radical (unpaired) electrons. The Morgan fingerprint density at radius 1 is 0.511 bits per heavy atom. The van der Waals surface area contributed by atoms with Gasteiger partial charge in [-0.1, -0.05) is 121 Å². The summed E-state index contributed by atoms with van der Waals surface area (Å²) in [6, 6.07) is 38.2. The molecule has 1 saturated heterocycles. The van der Waals surface area contributed by atoms with Crippen molar-refractivity contribution in [2.24, 2.45) is 0 Å². The van der Waals surface area contributed by atoms with Crippen LogP contribution in [0.2, 0.25) is 0 Å². The first kappa shape index (κ1) is 34.0. The molecule has 1 fully saturated rings. The van der Waals surface area contributed by atoms with Crippen LogP contribution in [-0.2, 0) is 64.4 Å². The van der Waals surface area contributed by atoms with E-state index in [0.717, 1.165) is 22.3 Å². The maximum Gasteiger partial charge on any atom is 0.306 e. The lowest BCUT2D eigenvalue weighted by Crippen LogP contribution is -2.61. The van der Waals surface area contributed by atoms with Crippen molar-refractivity contribution < 1.29 is 43.1 Å². The molecule has 5 rings (SSSR count). The monoisotopic (exact) mass is 640 g/mol. The molecule has 9 nitrogen and oxygen atoms in total. The van der Waals surface area contributed by atoms with E-state index in [9.17, 15) is 14.7 Å². The van der Waals surface area contributed by atoms with Gasteiger partial charge in [-0.25, -0.2) is 0 Å². The highest BCUT2D eigenvalue weighted by molar-refractivity contribution is 5.77. The molecule has 1 aliphatic heterocycles. The SMILES string of the molecule is O=C(CCC(=O)OCC1O[C@@H](O)C(OCc2ccccc2)C(OCc2ccccc2)[C@@H]1OCc1ccccc1)OCc1ccccc1. The van der Waals surface area contributed by atoms with Gasteiger partial charge in [-0.15, -0.1) is 0 Å². The summed E-state index contributed by atoms with van der Waals surface area (Å²) in [5.74, 6) is -1.11. The molecule has 0 spiro atoms. The second kappa shape index (κ2) is 18.1. The average Bonchev–Trinajstić information content (AvgIpc) is 3.12. The topological polar surface area (TPSA) is 110 Å². The Bertz CT molecular complexity index is 1490. The van der Waals surface area contributed by atoms with Gasteiger partial charge in [0.2, 0.25) is 0 Å². The molecule has 5 atom stereocenters. The summed E-state index contributed by atoms with van der Waals surface area (Å²) in [5.41, 5.74) is 3.63. The third kappa shape index (κ3) is 10.8. The maximum atomic E-state index is 12.7. The molecular weight excluding hydrogens is 600 g/mol. The van der Waals surface area contributed by atoms with Gasteiger partial charge in [-0.05, 0) is 22.3 Å². The Kier molecular flexibility index (Phi) is 13.1.